The molecule has 0 unspecified atom stereocenters. The number of hydrogen-bond donors (Lipinski definition) is 3. The van der Waals surface area contributed by atoms with Gasteiger partial charge in [0.2, 0.25) is 5.91 Å². The number of carbonyl (C=O) groups is 3. The lowest BCUT2D eigenvalue weighted by Gasteiger charge is -2.34. The van der Waals surface area contributed by atoms with Crippen LogP contribution >= 0.6 is 0 Å². The molecule has 2 aromatic carbocycles. The van der Waals surface area contributed by atoms with E-state index in [2.05, 4.69) is 58.7 Å². The Kier molecular flexibility index (Phi) is 10.3. The highest BCUT2D eigenvalue weighted by molar-refractivity contribution is 6.27. The van der Waals surface area contributed by atoms with Gasteiger partial charge in [-0.2, -0.15) is 0 Å². The molecule has 3 N–H and O–H groups in total. The van der Waals surface area contributed by atoms with E-state index >= 15 is 0 Å². The molecule has 0 atom stereocenters. The lowest BCUT2D eigenvalue weighted by Crippen LogP contribution is -2.45. The summed E-state index contributed by atoms with van der Waals surface area (Å²) < 4.78 is 6.60. The van der Waals surface area contributed by atoms with Gasteiger partial charge < -0.3 is 20.3 Å². The number of hydrogen-bond acceptors (Lipinski definition) is 5. The van der Waals surface area contributed by atoms with E-state index in [1.807, 2.05) is 12.1 Å². The van der Waals surface area contributed by atoms with Crippen LogP contribution in [0.15, 0.2) is 60.7 Å². The van der Waals surface area contributed by atoms with Gasteiger partial charge in [0.05, 0.1) is 12.6 Å². The smallest absolute Gasteiger partial charge is 0.414 e. The Balaban J connectivity index is 0.000000509. The van der Waals surface area contributed by atoms with Crippen molar-refractivity contribution in [2.45, 2.75) is 56.8 Å². The van der Waals surface area contributed by atoms with Gasteiger partial charge in [0.15, 0.2) is 0 Å². The Hall–Kier alpha value is -3.23. The van der Waals surface area contributed by atoms with Crippen LogP contribution in [0.25, 0.3) is 0 Å². The van der Waals surface area contributed by atoms with E-state index < -0.39 is 11.9 Å². The van der Waals surface area contributed by atoms with E-state index in [1.165, 1.54) is 24.0 Å². The van der Waals surface area contributed by atoms with Crippen molar-refractivity contribution in [3.05, 3.63) is 71.8 Å². The molecule has 0 aromatic heterocycles. The fraction of sp³-hybridized carbons (Fsp3) is 0.444. The molecule has 8 heteroatoms. The molecule has 4 rings (SSSR count). The normalized spacial score (nSPS) is 16.9. The maximum absolute atomic E-state index is 12.3. The van der Waals surface area contributed by atoms with Crippen molar-refractivity contribution < 1.29 is 29.3 Å². The molecular formula is C27H34N2O6. The number of piperidine rings is 1. The molecule has 188 valence electrons. The van der Waals surface area contributed by atoms with Crippen molar-refractivity contribution in [1.29, 1.82) is 0 Å². The van der Waals surface area contributed by atoms with Crippen LogP contribution in [0.5, 0.6) is 0 Å². The summed E-state index contributed by atoms with van der Waals surface area (Å²) in [6.07, 6.45) is 6.88. The van der Waals surface area contributed by atoms with E-state index in [0.717, 1.165) is 38.8 Å². The molecule has 35 heavy (non-hydrogen) atoms. The highest BCUT2D eigenvalue weighted by Crippen LogP contribution is 2.30. The zero-order chi connectivity index (χ0) is 25.0. The average molecular weight is 483 g/mol. The van der Waals surface area contributed by atoms with Gasteiger partial charge in [-0.15, -0.1) is 0 Å². The highest BCUT2D eigenvalue weighted by Gasteiger charge is 2.26. The van der Waals surface area contributed by atoms with Crippen molar-refractivity contribution in [3.8, 4) is 0 Å². The standard InChI is InChI=1S/C25H32N2O2.C2H2O4/c28-24(26-22-13-7-8-14-22)19-27-17-15-23(16-18-27)29-25(20-9-3-1-4-10-20)21-11-5-2-6-12-21;3-1(4)2(5)6/h1-6,9-12,22-23,25H,7-8,13-19H2,(H,26,28);(H,3,4)(H,5,6). The number of nitrogens with zero attached hydrogens (tertiary/aromatic N) is 1. The molecule has 2 aromatic rings. The number of carboxylic acids is 2. The molecule has 1 aliphatic carbocycles. The second-order valence-corrected chi connectivity index (χ2v) is 8.97. The summed E-state index contributed by atoms with van der Waals surface area (Å²) >= 11 is 0. The van der Waals surface area contributed by atoms with Crippen LogP contribution in [-0.4, -0.2) is 64.7 Å². The summed E-state index contributed by atoms with van der Waals surface area (Å²) in [5.74, 6) is -3.47. The van der Waals surface area contributed by atoms with Gasteiger partial charge in [0, 0.05) is 19.1 Å². The lowest BCUT2D eigenvalue weighted by atomic mass is 10.00. The topological polar surface area (TPSA) is 116 Å². The maximum atomic E-state index is 12.3. The van der Waals surface area contributed by atoms with Crippen LogP contribution in [0.4, 0.5) is 0 Å². The van der Waals surface area contributed by atoms with Crippen molar-refractivity contribution in [2.75, 3.05) is 19.6 Å². The average Bonchev–Trinajstić information content (AvgIpc) is 3.38. The van der Waals surface area contributed by atoms with Crippen molar-refractivity contribution >= 4 is 17.8 Å². The van der Waals surface area contributed by atoms with Crippen LogP contribution in [0.1, 0.15) is 55.8 Å². The Morgan fingerprint density at radius 3 is 1.77 bits per heavy atom. The van der Waals surface area contributed by atoms with Crippen LogP contribution in [0.2, 0.25) is 0 Å². The number of carbonyl (C=O) groups excluding carboxylic acids is 1. The van der Waals surface area contributed by atoms with E-state index in [4.69, 9.17) is 24.5 Å². The molecule has 1 saturated heterocycles. The van der Waals surface area contributed by atoms with E-state index in [-0.39, 0.29) is 18.1 Å². The third-order valence-corrected chi connectivity index (χ3v) is 6.34. The quantitative estimate of drug-likeness (QED) is 0.518. The van der Waals surface area contributed by atoms with Gasteiger partial charge in [-0.1, -0.05) is 73.5 Å². The van der Waals surface area contributed by atoms with Crippen LogP contribution in [-0.2, 0) is 19.1 Å². The Morgan fingerprint density at radius 1 is 0.829 bits per heavy atom. The molecule has 0 bridgehead atoms. The van der Waals surface area contributed by atoms with Crippen molar-refractivity contribution in [1.82, 2.24) is 10.2 Å². The van der Waals surface area contributed by atoms with Crippen LogP contribution in [0, 0.1) is 0 Å². The van der Waals surface area contributed by atoms with E-state index in [9.17, 15) is 4.79 Å². The minimum atomic E-state index is -1.82. The Morgan fingerprint density at radius 2 is 1.31 bits per heavy atom. The number of nitrogens with one attached hydrogen (secondary N) is 1. The molecular weight excluding hydrogens is 448 g/mol. The molecule has 0 radical (unpaired) electrons. The van der Waals surface area contributed by atoms with E-state index in [1.54, 1.807) is 0 Å². The summed E-state index contributed by atoms with van der Waals surface area (Å²) in [6, 6.07) is 21.3. The summed E-state index contributed by atoms with van der Waals surface area (Å²) in [5.41, 5.74) is 2.38. The number of ether oxygens (including phenoxy) is 1. The Bertz CT molecular complexity index is 887. The number of carboxylic acid groups (broad SMARTS) is 2. The fourth-order valence-corrected chi connectivity index (χ4v) is 4.55. The first kappa shape index (κ1) is 26.4. The first-order valence-corrected chi connectivity index (χ1v) is 12.2. The number of aliphatic carboxylic acids is 2. The zero-order valence-corrected chi connectivity index (χ0v) is 19.8. The number of rotatable bonds is 7. The summed E-state index contributed by atoms with van der Waals surface area (Å²) in [4.78, 5) is 32.8. The zero-order valence-electron chi connectivity index (χ0n) is 19.8. The SMILES string of the molecule is O=C(CN1CCC(OC(c2ccccc2)c2ccccc2)CC1)NC1CCCC1.O=C(O)C(=O)O. The molecule has 1 amide bonds. The van der Waals surface area contributed by atoms with Gasteiger partial charge in [-0.05, 0) is 36.8 Å². The van der Waals surface area contributed by atoms with Gasteiger partial charge in [-0.25, -0.2) is 9.59 Å². The minimum absolute atomic E-state index is 0.0420. The van der Waals surface area contributed by atoms with Crippen molar-refractivity contribution in [3.63, 3.8) is 0 Å². The van der Waals surface area contributed by atoms with Gasteiger partial charge in [0.1, 0.15) is 6.10 Å². The predicted molar refractivity (Wildman–Crippen MR) is 131 cm³/mol. The molecule has 8 nitrogen and oxygen atoms in total. The van der Waals surface area contributed by atoms with E-state index in [0.29, 0.717) is 12.6 Å². The minimum Gasteiger partial charge on any atom is -0.473 e. The number of amides is 1. The third-order valence-electron chi connectivity index (χ3n) is 6.34. The lowest BCUT2D eigenvalue weighted by molar-refractivity contribution is -0.159. The van der Waals surface area contributed by atoms with Crippen LogP contribution < -0.4 is 5.32 Å². The first-order chi connectivity index (χ1) is 16.9. The summed E-state index contributed by atoms with van der Waals surface area (Å²) in [5, 5.41) is 18.0. The summed E-state index contributed by atoms with van der Waals surface area (Å²) in [6.45, 7) is 2.35. The monoisotopic (exact) mass is 482 g/mol. The van der Waals surface area contributed by atoms with Gasteiger partial charge >= 0.3 is 11.9 Å². The molecule has 1 heterocycles. The number of benzene rings is 2. The number of likely N-dealkylation sites (tertiary alicyclic amines) is 1. The van der Waals surface area contributed by atoms with Crippen molar-refractivity contribution in [2.24, 2.45) is 0 Å². The molecule has 1 saturated carbocycles. The van der Waals surface area contributed by atoms with Gasteiger partial charge in [0.25, 0.3) is 0 Å². The van der Waals surface area contributed by atoms with Crippen LogP contribution in [0.3, 0.4) is 0 Å². The first-order valence-electron chi connectivity index (χ1n) is 12.2. The third kappa shape index (κ3) is 8.81. The predicted octanol–water partition coefficient (Wildman–Crippen LogP) is 3.47. The maximum Gasteiger partial charge on any atom is 0.414 e. The highest BCUT2D eigenvalue weighted by atomic mass is 16.5. The second-order valence-electron chi connectivity index (χ2n) is 8.97. The fourth-order valence-electron chi connectivity index (χ4n) is 4.55. The molecule has 2 aliphatic rings. The molecule has 1 aliphatic heterocycles. The summed E-state index contributed by atoms with van der Waals surface area (Å²) in [7, 11) is 0. The second kappa shape index (κ2) is 13.6. The largest absolute Gasteiger partial charge is 0.473 e. The Labute approximate surface area is 205 Å². The van der Waals surface area contributed by atoms with Gasteiger partial charge in [-0.3, -0.25) is 9.69 Å². The molecule has 0 spiro atoms. The molecule has 2 fully saturated rings.